The number of imidazole rings is 1. The summed E-state index contributed by atoms with van der Waals surface area (Å²) in [6.07, 6.45) is 0.726. The first-order valence-electron chi connectivity index (χ1n) is 6.16. The number of rotatable bonds is 2. The van der Waals surface area contributed by atoms with Crippen LogP contribution >= 0.6 is 0 Å². The maximum atomic E-state index is 12.3. The first kappa shape index (κ1) is 11.8. The van der Waals surface area contributed by atoms with Gasteiger partial charge in [-0.3, -0.25) is 9.36 Å². The van der Waals surface area contributed by atoms with Gasteiger partial charge in [0, 0.05) is 13.5 Å². The lowest BCUT2D eigenvalue weighted by Gasteiger charge is -2.23. The third-order valence-corrected chi connectivity index (χ3v) is 3.45. The molecule has 2 aromatic rings. The maximum absolute atomic E-state index is 12.3. The Morgan fingerprint density at radius 3 is 2.95 bits per heavy atom. The van der Waals surface area contributed by atoms with Gasteiger partial charge in [0.1, 0.15) is 12.6 Å². The van der Waals surface area contributed by atoms with Crippen LogP contribution in [-0.2, 0) is 17.8 Å². The molecule has 0 saturated carbocycles. The van der Waals surface area contributed by atoms with Crippen LogP contribution in [0.2, 0.25) is 0 Å². The molecule has 1 aromatic carbocycles. The number of hydrogen-bond acceptors (Lipinski definition) is 3. The molecule has 1 aliphatic heterocycles. The van der Waals surface area contributed by atoms with Gasteiger partial charge in [-0.1, -0.05) is 12.1 Å². The van der Waals surface area contributed by atoms with Crippen LogP contribution in [0.15, 0.2) is 23.0 Å². The van der Waals surface area contributed by atoms with E-state index < -0.39 is 0 Å². The summed E-state index contributed by atoms with van der Waals surface area (Å²) in [6, 6.07) is 5.68. The zero-order valence-electron chi connectivity index (χ0n) is 10.8. The van der Waals surface area contributed by atoms with Crippen LogP contribution in [0.5, 0.6) is 0 Å². The van der Waals surface area contributed by atoms with E-state index >= 15 is 0 Å². The van der Waals surface area contributed by atoms with E-state index in [1.165, 1.54) is 18.8 Å². The summed E-state index contributed by atoms with van der Waals surface area (Å²) >= 11 is 0. The summed E-state index contributed by atoms with van der Waals surface area (Å²) in [5.41, 5.74) is 2.51. The Balaban J connectivity index is 2.18. The first-order chi connectivity index (χ1) is 9.11. The largest absolute Gasteiger partial charge is 0.412 e. The van der Waals surface area contributed by atoms with Crippen LogP contribution < -0.4 is 15.8 Å². The summed E-state index contributed by atoms with van der Waals surface area (Å²) in [4.78, 5) is 28.6. The number of nitrogens with zero attached hydrogens (tertiary/aromatic N) is 2. The standard InChI is InChI=1S/C13H15N3O3/c1-8(17)14-10-6-9-4-3-5-11-12(9)15(7-10)13(18)16(11)19-2/h3-5,10H,6-7H2,1-2H3,(H,14,17). The van der Waals surface area contributed by atoms with Gasteiger partial charge in [-0.05, 0) is 18.1 Å². The van der Waals surface area contributed by atoms with Crippen LogP contribution in [0.1, 0.15) is 12.5 Å². The van der Waals surface area contributed by atoms with E-state index in [0.29, 0.717) is 6.54 Å². The highest BCUT2D eigenvalue weighted by Crippen LogP contribution is 2.23. The van der Waals surface area contributed by atoms with Crippen molar-refractivity contribution in [3.8, 4) is 0 Å². The lowest BCUT2D eigenvalue weighted by molar-refractivity contribution is -0.119. The minimum atomic E-state index is -0.208. The fourth-order valence-corrected chi connectivity index (χ4v) is 2.81. The second-order valence-corrected chi connectivity index (χ2v) is 4.76. The highest BCUT2D eigenvalue weighted by Gasteiger charge is 2.25. The van der Waals surface area contributed by atoms with E-state index in [0.717, 1.165) is 23.0 Å². The maximum Gasteiger partial charge on any atom is 0.362 e. The van der Waals surface area contributed by atoms with Crippen molar-refractivity contribution in [2.45, 2.75) is 25.9 Å². The average molecular weight is 261 g/mol. The fraction of sp³-hybridized carbons (Fsp3) is 0.385. The summed E-state index contributed by atoms with van der Waals surface area (Å²) in [7, 11) is 1.47. The highest BCUT2D eigenvalue weighted by atomic mass is 16.7. The monoisotopic (exact) mass is 261 g/mol. The molecular weight excluding hydrogens is 246 g/mol. The average Bonchev–Trinajstić information content (AvgIpc) is 2.63. The number of aromatic nitrogens is 2. The lowest BCUT2D eigenvalue weighted by Crippen LogP contribution is -2.43. The Morgan fingerprint density at radius 2 is 2.26 bits per heavy atom. The Bertz CT molecular complexity index is 714. The van der Waals surface area contributed by atoms with Crippen LogP contribution in [0.3, 0.4) is 0 Å². The summed E-state index contributed by atoms with van der Waals surface area (Å²) in [5.74, 6) is -0.0835. The minimum Gasteiger partial charge on any atom is -0.412 e. The molecular formula is C13H15N3O3. The molecule has 0 saturated heterocycles. The van der Waals surface area contributed by atoms with Gasteiger partial charge in [-0.15, -0.1) is 4.73 Å². The summed E-state index contributed by atoms with van der Waals surface area (Å²) in [5, 5.41) is 2.87. The minimum absolute atomic E-state index is 0.0546. The van der Waals surface area contributed by atoms with E-state index in [9.17, 15) is 9.59 Å². The molecule has 0 radical (unpaired) electrons. The van der Waals surface area contributed by atoms with Crippen molar-refractivity contribution in [2.24, 2.45) is 0 Å². The normalized spacial score (nSPS) is 17.5. The van der Waals surface area contributed by atoms with E-state index in [2.05, 4.69) is 5.32 Å². The quantitative estimate of drug-likeness (QED) is 0.822. The molecule has 2 heterocycles. The van der Waals surface area contributed by atoms with Crippen molar-refractivity contribution >= 4 is 16.9 Å². The zero-order valence-corrected chi connectivity index (χ0v) is 10.8. The van der Waals surface area contributed by atoms with Crippen LogP contribution in [0, 0.1) is 0 Å². The Labute approximate surface area is 109 Å². The van der Waals surface area contributed by atoms with Crippen LogP contribution in [0.4, 0.5) is 0 Å². The third-order valence-electron chi connectivity index (χ3n) is 3.45. The number of benzene rings is 1. The molecule has 6 nitrogen and oxygen atoms in total. The Kier molecular flexibility index (Phi) is 2.58. The number of nitrogens with one attached hydrogen (secondary N) is 1. The van der Waals surface area contributed by atoms with E-state index in [4.69, 9.17) is 4.84 Å². The van der Waals surface area contributed by atoms with Crippen molar-refractivity contribution < 1.29 is 9.63 Å². The molecule has 1 unspecified atom stereocenters. The molecule has 0 bridgehead atoms. The van der Waals surface area contributed by atoms with Crippen LogP contribution in [0.25, 0.3) is 11.0 Å². The molecule has 100 valence electrons. The van der Waals surface area contributed by atoms with Gasteiger partial charge in [0.2, 0.25) is 5.91 Å². The number of carbonyl (C=O) groups excluding carboxylic acids is 1. The predicted octanol–water partition coefficient (Wildman–Crippen LogP) is -0.0778. The molecule has 6 heteroatoms. The molecule has 19 heavy (non-hydrogen) atoms. The first-order valence-corrected chi connectivity index (χ1v) is 6.16. The SMILES string of the molecule is COn1c(=O)n2c3c(cccc31)CC(NC(C)=O)C2. The summed E-state index contributed by atoms with van der Waals surface area (Å²) in [6.45, 7) is 1.96. The van der Waals surface area contributed by atoms with Gasteiger partial charge in [0.25, 0.3) is 0 Å². The zero-order chi connectivity index (χ0) is 13.6. The third kappa shape index (κ3) is 1.71. The van der Waals surface area contributed by atoms with Gasteiger partial charge < -0.3 is 10.2 Å². The number of hydrogen-bond donors (Lipinski definition) is 1. The van der Waals surface area contributed by atoms with E-state index in [1.807, 2.05) is 18.2 Å². The van der Waals surface area contributed by atoms with Gasteiger partial charge in [-0.2, -0.15) is 0 Å². The van der Waals surface area contributed by atoms with E-state index in [1.54, 1.807) is 4.57 Å². The molecule has 0 spiro atoms. The topological polar surface area (TPSA) is 65.3 Å². The number of carbonyl (C=O) groups is 1. The molecule has 1 N–H and O–H groups in total. The van der Waals surface area contributed by atoms with Gasteiger partial charge in [-0.25, -0.2) is 4.79 Å². The van der Waals surface area contributed by atoms with Gasteiger partial charge >= 0.3 is 5.69 Å². The number of amides is 1. The molecule has 1 atom stereocenters. The highest BCUT2D eigenvalue weighted by molar-refractivity contribution is 5.80. The number of para-hydroxylation sites is 1. The smallest absolute Gasteiger partial charge is 0.362 e. The predicted molar refractivity (Wildman–Crippen MR) is 70.0 cm³/mol. The lowest BCUT2D eigenvalue weighted by atomic mass is 10.0. The molecule has 3 rings (SSSR count). The Morgan fingerprint density at radius 1 is 1.47 bits per heavy atom. The van der Waals surface area contributed by atoms with E-state index in [-0.39, 0.29) is 17.6 Å². The van der Waals surface area contributed by atoms with Crippen molar-refractivity contribution in [1.29, 1.82) is 0 Å². The molecule has 1 amide bonds. The fourth-order valence-electron chi connectivity index (χ4n) is 2.81. The molecule has 0 fully saturated rings. The van der Waals surface area contributed by atoms with Crippen LogP contribution in [-0.4, -0.2) is 28.4 Å². The van der Waals surface area contributed by atoms with Crippen molar-refractivity contribution in [3.63, 3.8) is 0 Å². The van der Waals surface area contributed by atoms with Crippen molar-refractivity contribution in [3.05, 3.63) is 34.2 Å². The molecule has 1 aliphatic rings. The molecule has 0 aliphatic carbocycles. The summed E-state index contributed by atoms with van der Waals surface area (Å²) < 4.78 is 2.95. The second kappa shape index (κ2) is 4.15. The van der Waals surface area contributed by atoms with Crippen molar-refractivity contribution in [2.75, 3.05) is 7.11 Å². The van der Waals surface area contributed by atoms with Crippen molar-refractivity contribution in [1.82, 2.24) is 14.6 Å². The van der Waals surface area contributed by atoms with Gasteiger partial charge in [0.15, 0.2) is 0 Å². The van der Waals surface area contributed by atoms with Gasteiger partial charge in [0.05, 0.1) is 11.6 Å². The molecule has 1 aromatic heterocycles. The Hall–Kier alpha value is -2.24. The second-order valence-electron chi connectivity index (χ2n) is 4.76.